The SMILES string of the molecule is CC(=O)N1CCC(NC(=O)C(=O)Nc2ccc(Cl)c(F)c2)CC1. The molecular weight excluding hydrogens is 325 g/mol. The highest BCUT2D eigenvalue weighted by atomic mass is 35.5. The Kier molecular flexibility index (Phi) is 5.54. The van der Waals surface area contributed by atoms with Crippen molar-refractivity contribution in [2.75, 3.05) is 18.4 Å². The van der Waals surface area contributed by atoms with Gasteiger partial charge in [0.1, 0.15) is 5.82 Å². The number of carbonyl (C=O) groups excluding carboxylic acids is 3. The van der Waals surface area contributed by atoms with Crippen molar-refractivity contribution in [2.45, 2.75) is 25.8 Å². The molecule has 8 heteroatoms. The Bertz CT molecular complexity index is 630. The summed E-state index contributed by atoms with van der Waals surface area (Å²) < 4.78 is 13.3. The number of benzene rings is 1. The molecule has 1 aromatic rings. The highest BCUT2D eigenvalue weighted by Crippen LogP contribution is 2.18. The van der Waals surface area contributed by atoms with Gasteiger partial charge in [0.2, 0.25) is 5.91 Å². The lowest BCUT2D eigenvalue weighted by Gasteiger charge is -2.31. The molecule has 0 atom stereocenters. The van der Waals surface area contributed by atoms with Gasteiger partial charge in [0.05, 0.1) is 5.02 Å². The molecule has 6 nitrogen and oxygen atoms in total. The minimum absolute atomic E-state index is 0.00251. The van der Waals surface area contributed by atoms with Crippen molar-refractivity contribution in [3.63, 3.8) is 0 Å². The number of hydrogen-bond acceptors (Lipinski definition) is 3. The van der Waals surface area contributed by atoms with Gasteiger partial charge in [-0.05, 0) is 31.0 Å². The first-order valence-electron chi connectivity index (χ1n) is 7.19. The fraction of sp³-hybridized carbons (Fsp3) is 0.400. The van der Waals surface area contributed by atoms with E-state index in [2.05, 4.69) is 10.6 Å². The smallest absolute Gasteiger partial charge is 0.313 e. The summed E-state index contributed by atoms with van der Waals surface area (Å²) in [6.45, 7) is 2.59. The molecule has 124 valence electrons. The number of nitrogens with zero attached hydrogens (tertiary/aromatic N) is 1. The molecule has 0 bridgehead atoms. The highest BCUT2D eigenvalue weighted by molar-refractivity contribution is 6.39. The van der Waals surface area contributed by atoms with Gasteiger partial charge in [-0.1, -0.05) is 11.6 Å². The Morgan fingerprint density at radius 3 is 2.43 bits per heavy atom. The molecule has 23 heavy (non-hydrogen) atoms. The van der Waals surface area contributed by atoms with E-state index in [1.807, 2.05) is 0 Å². The molecule has 1 fully saturated rings. The van der Waals surface area contributed by atoms with E-state index in [9.17, 15) is 18.8 Å². The fourth-order valence-corrected chi connectivity index (χ4v) is 2.47. The lowest BCUT2D eigenvalue weighted by molar-refractivity contribution is -0.137. The maximum absolute atomic E-state index is 13.3. The lowest BCUT2D eigenvalue weighted by Crippen LogP contribution is -2.48. The molecule has 0 saturated carbocycles. The summed E-state index contributed by atoms with van der Waals surface area (Å²) in [5.41, 5.74) is 0.151. The minimum Gasteiger partial charge on any atom is -0.345 e. The summed E-state index contributed by atoms with van der Waals surface area (Å²) >= 11 is 5.55. The first-order chi connectivity index (χ1) is 10.9. The molecule has 0 spiro atoms. The largest absolute Gasteiger partial charge is 0.345 e. The van der Waals surface area contributed by atoms with E-state index in [1.165, 1.54) is 19.1 Å². The molecule has 1 aromatic carbocycles. The molecular formula is C15H17ClFN3O3. The standard InChI is InChI=1S/C15H17ClFN3O3/c1-9(21)20-6-4-10(5-7-20)18-14(22)15(23)19-11-2-3-12(16)13(17)8-11/h2-3,8,10H,4-7H2,1H3,(H,18,22)(H,19,23). The van der Waals surface area contributed by atoms with Crippen LogP contribution in [0.2, 0.25) is 5.02 Å². The second-order valence-electron chi connectivity index (χ2n) is 5.34. The Labute approximate surface area is 138 Å². The van der Waals surface area contributed by atoms with Gasteiger partial charge in [0.25, 0.3) is 0 Å². The molecule has 2 rings (SSSR count). The number of nitrogens with one attached hydrogen (secondary N) is 2. The molecule has 1 aliphatic heterocycles. The Morgan fingerprint density at radius 2 is 1.87 bits per heavy atom. The summed E-state index contributed by atoms with van der Waals surface area (Å²) in [5.74, 6) is -2.35. The van der Waals surface area contributed by atoms with Gasteiger partial charge in [-0.15, -0.1) is 0 Å². The second-order valence-corrected chi connectivity index (χ2v) is 5.74. The van der Waals surface area contributed by atoms with Crippen molar-refractivity contribution < 1.29 is 18.8 Å². The van der Waals surface area contributed by atoms with Crippen LogP contribution in [0, 0.1) is 5.82 Å². The number of carbonyl (C=O) groups is 3. The van der Waals surface area contributed by atoms with Gasteiger partial charge in [0.15, 0.2) is 0 Å². The van der Waals surface area contributed by atoms with Crippen LogP contribution >= 0.6 is 11.6 Å². The van der Waals surface area contributed by atoms with Gasteiger partial charge < -0.3 is 15.5 Å². The normalized spacial score (nSPS) is 15.2. The third-order valence-electron chi connectivity index (χ3n) is 3.66. The number of halogens is 2. The van der Waals surface area contributed by atoms with E-state index in [0.29, 0.717) is 25.9 Å². The number of amides is 3. The van der Waals surface area contributed by atoms with Crippen LogP contribution in [0.5, 0.6) is 0 Å². The Morgan fingerprint density at radius 1 is 1.22 bits per heavy atom. The first-order valence-corrected chi connectivity index (χ1v) is 7.57. The van der Waals surface area contributed by atoms with Crippen LogP contribution in [-0.2, 0) is 14.4 Å². The molecule has 3 amide bonds. The second kappa shape index (κ2) is 7.41. The van der Waals surface area contributed by atoms with Gasteiger partial charge in [-0.2, -0.15) is 0 Å². The minimum atomic E-state index is -0.874. The van der Waals surface area contributed by atoms with Gasteiger partial charge in [-0.25, -0.2) is 4.39 Å². The third kappa shape index (κ3) is 4.66. The summed E-state index contributed by atoms with van der Waals surface area (Å²) in [6, 6.07) is 3.58. The molecule has 0 unspecified atom stereocenters. The van der Waals surface area contributed by atoms with Crippen molar-refractivity contribution in [2.24, 2.45) is 0 Å². The molecule has 1 heterocycles. The zero-order valence-electron chi connectivity index (χ0n) is 12.6. The van der Waals surface area contributed by atoms with Crippen LogP contribution in [0.4, 0.5) is 10.1 Å². The zero-order valence-corrected chi connectivity index (χ0v) is 13.3. The quantitative estimate of drug-likeness (QED) is 0.801. The summed E-state index contributed by atoms with van der Waals surface area (Å²) in [7, 11) is 0. The van der Waals surface area contributed by atoms with E-state index in [4.69, 9.17) is 11.6 Å². The van der Waals surface area contributed by atoms with Crippen LogP contribution in [0.3, 0.4) is 0 Å². The molecule has 1 saturated heterocycles. The van der Waals surface area contributed by atoms with Crippen molar-refractivity contribution in [3.05, 3.63) is 29.0 Å². The molecule has 1 aliphatic rings. The predicted octanol–water partition coefficient (Wildman–Crippen LogP) is 1.54. The summed E-state index contributed by atoms with van der Waals surface area (Å²) in [4.78, 5) is 36.6. The van der Waals surface area contributed by atoms with Crippen LogP contribution in [0.25, 0.3) is 0 Å². The number of anilines is 1. The van der Waals surface area contributed by atoms with E-state index in [-0.39, 0.29) is 22.7 Å². The monoisotopic (exact) mass is 341 g/mol. The molecule has 2 N–H and O–H groups in total. The molecule has 0 aliphatic carbocycles. The van der Waals surface area contributed by atoms with Crippen LogP contribution in [0.15, 0.2) is 18.2 Å². The lowest BCUT2D eigenvalue weighted by atomic mass is 10.1. The van der Waals surface area contributed by atoms with E-state index < -0.39 is 17.6 Å². The van der Waals surface area contributed by atoms with E-state index in [1.54, 1.807) is 4.90 Å². The predicted molar refractivity (Wildman–Crippen MR) is 83.5 cm³/mol. The third-order valence-corrected chi connectivity index (χ3v) is 3.97. The number of piperidine rings is 1. The van der Waals surface area contributed by atoms with E-state index in [0.717, 1.165) is 6.07 Å². The summed E-state index contributed by atoms with van der Waals surface area (Å²) in [5, 5.41) is 4.86. The molecule has 0 radical (unpaired) electrons. The maximum Gasteiger partial charge on any atom is 0.313 e. The van der Waals surface area contributed by atoms with E-state index >= 15 is 0 Å². The van der Waals surface area contributed by atoms with Gasteiger partial charge >= 0.3 is 11.8 Å². The maximum atomic E-state index is 13.3. The Hall–Kier alpha value is -2.15. The number of rotatable bonds is 2. The van der Waals surface area contributed by atoms with Gasteiger partial charge in [-0.3, -0.25) is 14.4 Å². The fourth-order valence-electron chi connectivity index (χ4n) is 2.35. The van der Waals surface area contributed by atoms with Crippen LogP contribution < -0.4 is 10.6 Å². The van der Waals surface area contributed by atoms with Crippen molar-refractivity contribution >= 4 is 35.0 Å². The Balaban J connectivity index is 1.84. The van der Waals surface area contributed by atoms with Crippen molar-refractivity contribution in [1.82, 2.24) is 10.2 Å². The average Bonchev–Trinajstić information content (AvgIpc) is 2.51. The van der Waals surface area contributed by atoms with Crippen molar-refractivity contribution in [1.29, 1.82) is 0 Å². The van der Waals surface area contributed by atoms with Crippen LogP contribution in [-0.4, -0.2) is 41.8 Å². The number of hydrogen-bond donors (Lipinski definition) is 2. The topological polar surface area (TPSA) is 78.5 Å². The number of likely N-dealkylation sites (tertiary alicyclic amines) is 1. The van der Waals surface area contributed by atoms with Crippen molar-refractivity contribution in [3.8, 4) is 0 Å². The summed E-state index contributed by atoms with van der Waals surface area (Å²) in [6.07, 6.45) is 1.18. The molecule has 0 aromatic heterocycles. The highest BCUT2D eigenvalue weighted by Gasteiger charge is 2.24. The average molecular weight is 342 g/mol. The van der Waals surface area contributed by atoms with Crippen LogP contribution in [0.1, 0.15) is 19.8 Å². The van der Waals surface area contributed by atoms with Gasteiger partial charge in [0, 0.05) is 31.7 Å². The first kappa shape index (κ1) is 17.2. The zero-order chi connectivity index (χ0) is 17.0.